The standard InChI is InChI=1S/C22H37BO2Si/c1-8-9-10-12-15-19(23-24-21(2,3)22(4,5)25-23)18-26(6,7)20-16-13-11-14-17-20/h11,13-17H,8-10,12,18H2,1-7H3/b19-15-. The maximum atomic E-state index is 6.40. The van der Waals surface area contributed by atoms with Gasteiger partial charge in [-0.05, 0) is 52.1 Å². The van der Waals surface area contributed by atoms with E-state index in [-0.39, 0.29) is 18.3 Å². The van der Waals surface area contributed by atoms with E-state index in [9.17, 15) is 0 Å². The van der Waals surface area contributed by atoms with E-state index in [2.05, 4.69) is 84.1 Å². The third-order valence-corrected chi connectivity index (χ3v) is 9.16. The van der Waals surface area contributed by atoms with Crippen molar-refractivity contribution < 1.29 is 9.31 Å². The lowest BCUT2D eigenvalue weighted by Crippen LogP contribution is -2.43. The van der Waals surface area contributed by atoms with Gasteiger partial charge in [0.2, 0.25) is 0 Å². The van der Waals surface area contributed by atoms with E-state index in [0.29, 0.717) is 0 Å². The topological polar surface area (TPSA) is 18.5 Å². The Morgan fingerprint density at radius 3 is 2.12 bits per heavy atom. The summed E-state index contributed by atoms with van der Waals surface area (Å²) >= 11 is 0. The molecular formula is C22H37BO2Si. The molecule has 0 aromatic heterocycles. The van der Waals surface area contributed by atoms with Crippen LogP contribution >= 0.6 is 0 Å². The Kier molecular flexibility index (Phi) is 6.98. The van der Waals surface area contributed by atoms with Crippen LogP contribution in [0, 0.1) is 0 Å². The molecular weight excluding hydrogens is 335 g/mol. The Morgan fingerprint density at radius 2 is 1.58 bits per heavy atom. The zero-order chi connectivity index (χ0) is 19.4. The third kappa shape index (κ3) is 5.11. The summed E-state index contributed by atoms with van der Waals surface area (Å²) in [4.78, 5) is 0. The fraction of sp³-hybridized carbons (Fsp3) is 0.636. The fourth-order valence-electron chi connectivity index (χ4n) is 3.43. The first-order valence-electron chi connectivity index (χ1n) is 10.2. The second kappa shape index (κ2) is 8.45. The van der Waals surface area contributed by atoms with E-state index in [0.717, 1.165) is 12.5 Å². The quantitative estimate of drug-likeness (QED) is 0.428. The summed E-state index contributed by atoms with van der Waals surface area (Å²) in [5.74, 6) is 0. The van der Waals surface area contributed by atoms with Gasteiger partial charge in [0.05, 0.1) is 19.3 Å². The zero-order valence-corrected chi connectivity index (χ0v) is 18.9. The summed E-state index contributed by atoms with van der Waals surface area (Å²) in [7, 11) is -1.81. The van der Waals surface area contributed by atoms with E-state index in [4.69, 9.17) is 9.31 Å². The molecule has 4 heteroatoms. The highest BCUT2D eigenvalue weighted by Gasteiger charge is 2.52. The first kappa shape index (κ1) is 21.5. The Balaban J connectivity index is 2.22. The lowest BCUT2D eigenvalue weighted by molar-refractivity contribution is 0.00578. The highest BCUT2D eigenvalue weighted by Crippen LogP contribution is 2.40. The monoisotopic (exact) mass is 372 g/mol. The van der Waals surface area contributed by atoms with Gasteiger partial charge < -0.3 is 9.31 Å². The smallest absolute Gasteiger partial charge is 0.400 e. The molecule has 2 rings (SSSR count). The number of benzene rings is 1. The van der Waals surface area contributed by atoms with Gasteiger partial charge in [-0.25, -0.2) is 0 Å². The molecule has 2 nitrogen and oxygen atoms in total. The van der Waals surface area contributed by atoms with Crippen LogP contribution < -0.4 is 5.19 Å². The van der Waals surface area contributed by atoms with Crippen molar-refractivity contribution in [2.24, 2.45) is 0 Å². The number of hydrogen-bond acceptors (Lipinski definition) is 2. The van der Waals surface area contributed by atoms with Crippen molar-refractivity contribution in [3.8, 4) is 0 Å². The Hall–Kier alpha value is -0.838. The van der Waals surface area contributed by atoms with Crippen LogP contribution in [0.25, 0.3) is 0 Å². The van der Waals surface area contributed by atoms with Gasteiger partial charge in [0.15, 0.2) is 0 Å². The van der Waals surface area contributed by atoms with E-state index >= 15 is 0 Å². The largest absolute Gasteiger partial charge is 0.489 e. The van der Waals surface area contributed by atoms with Crippen LogP contribution in [0.3, 0.4) is 0 Å². The van der Waals surface area contributed by atoms with Gasteiger partial charge in [0.25, 0.3) is 0 Å². The number of allylic oxidation sites excluding steroid dienone is 2. The van der Waals surface area contributed by atoms with E-state index in [1.807, 2.05) is 0 Å². The molecule has 1 aliphatic rings. The lowest BCUT2D eigenvalue weighted by atomic mass is 9.78. The first-order chi connectivity index (χ1) is 12.1. The Bertz CT molecular complexity index is 592. The number of hydrogen-bond donors (Lipinski definition) is 0. The van der Waals surface area contributed by atoms with Crippen molar-refractivity contribution in [1.82, 2.24) is 0 Å². The van der Waals surface area contributed by atoms with Gasteiger partial charge in [-0.15, -0.1) is 0 Å². The minimum atomic E-state index is -1.60. The van der Waals surface area contributed by atoms with Gasteiger partial charge in [-0.3, -0.25) is 0 Å². The minimum absolute atomic E-state index is 0.211. The molecule has 0 aliphatic carbocycles. The number of unbranched alkanes of at least 4 members (excludes halogenated alkanes) is 3. The summed E-state index contributed by atoms with van der Waals surface area (Å²) in [5.41, 5.74) is 0.789. The maximum absolute atomic E-state index is 6.40. The van der Waals surface area contributed by atoms with Gasteiger partial charge in [0, 0.05) is 0 Å². The molecule has 0 radical (unpaired) electrons. The van der Waals surface area contributed by atoms with Crippen molar-refractivity contribution in [2.45, 2.75) is 90.6 Å². The highest BCUT2D eigenvalue weighted by atomic mass is 28.3. The summed E-state index contributed by atoms with van der Waals surface area (Å²) in [6.45, 7) is 15.7. The first-order valence-corrected chi connectivity index (χ1v) is 13.4. The van der Waals surface area contributed by atoms with Gasteiger partial charge >= 0.3 is 7.12 Å². The van der Waals surface area contributed by atoms with E-state index in [1.54, 1.807) is 0 Å². The van der Waals surface area contributed by atoms with Gasteiger partial charge in [0.1, 0.15) is 0 Å². The molecule has 144 valence electrons. The van der Waals surface area contributed by atoms with Crippen LogP contribution in [0.15, 0.2) is 41.9 Å². The summed E-state index contributed by atoms with van der Waals surface area (Å²) in [6.07, 6.45) is 7.31. The van der Waals surface area contributed by atoms with Crippen LogP contribution in [0.1, 0.15) is 60.3 Å². The second-order valence-electron chi connectivity index (χ2n) is 9.29. The average Bonchev–Trinajstić information content (AvgIpc) is 2.79. The van der Waals surface area contributed by atoms with Crippen molar-refractivity contribution in [1.29, 1.82) is 0 Å². The molecule has 0 unspecified atom stereocenters. The van der Waals surface area contributed by atoms with Crippen LogP contribution in [0.5, 0.6) is 0 Å². The zero-order valence-electron chi connectivity index (χ0n) is 17.9. The van der Waals surface area contributed by atoms with Crippen molar-refractivity contribution >= 4 is 20.4 Å². The summed E-state index contributed by atoms with van der Waals surface area (Å²) in [5, 5.41) is 1.50. The van der Waals surface area contributed by atoms with Crippen LogP contribution in [0.4, 0.5) is 0 Å². The normalized spacial score (nSPS) is 19.8. The predicted octanol–water partition coefficient (Wildman–Crippen LogP) is 5.74. The van der Waals surface area contributed by atoms with Crippen molar-refractivity contribution in [2.75, 3.05) is 0 Å². The second-order valence-corrected chi connectivity index (χ2v) is 14.0. The molecule has 26 heavy (non-hydrogen) atoms. The molecule has 1 aliphatic heterocycles. The molecule has 0 spiro atoms. The van der Waals surface area contributed by atoms with E-state index < -0.39 is 8.07 Å². The van der Waals surface area contributed by atoms with Crippen LogP contribution in [0.2, 0.25) is 19.1 Å². The van der Waals surface area contributed by atoms with Gasteiger partial charge in [-0.1, -0.05) is 74.5 Å². The van der Waals surface area contributed by atoms with Crippen LogP contribution in [-0.2, 0) is 9.31 Å². The number of rotatable bonds is 8. The van der Waals surface area contributed by atoms with Crippen LogP contribution in [-0.4, -0.2) is 26.4 Å². The van der Waals surface area contributed by atoms with Gasteiger partial charge in [-0.2, -0.15) is 0 Å². The molecule has 1 saturated heterocycles. The SMILES string of the molecule is CCCCC/C=C(/C[Si](C)(C)c1ccccc1)B1OC(C)(C)C(C)(C)O1. The summed E-state index contributed by atoms with van der Waals surface area (Å²) < 4.78 is 12.8. The maximum Gasteiger partial charge on any atom is 0.489 e. The molecule has 1 fully saturated rings. The molecule has 0 atom stereocenters. The average molecular weight is 372 g/mol. The lowest BCUT2D eigenvalue weighted by Gasteiger charge is -2.32. The summed E-state index contributed by atoms with van der Waals surface area (Å²) in [6, 6.07) is 12.1. The fourth-order valence-corrected chi connectivity index (χ4v) is 6.06. The van der Waals surface area contributed by atoms with E-state index in [1.165, 1.54) is 29.9 Å². The molecule has 0 bridgehead atoms. The van der Waals surface area contributed by atoms with Crippen molar-refractivity contribution in [3.63, 3.8) is 0 Å². The molecule has 0 amide bonds. The minimum Gasteiger partial charge on any atom is -0.400 e. The third-order valence-electron chi connectivity index (χ3n) is 5.97. The molecule has 0 N–H and O–H groups in total. The predicted molar refractivity (Wildman–Crippen MR) is 117 cm³/mol. The Labute approximate surface area is 162 Å². The molecule has 1 heterocycles. The molecule has 0 saturated carbocycles. The molecule has 1 aromatic carbocycles. The highest BCUT2D eigenvalue weighted by molar-refractivity contribution is 6.91. The Morgan fingerprint density at radius 1 is 1.00 bits per heavy atom. The molecule has 1 aromatic rings. The van der Waals surface area contributed by atoms with Crippen molar-refractivity contribution in [3.05, 3.63) is 41.9 Å².